The largest absolute Gasteiger partial charge is 0.536 e. The summed E-state index contributed by atoms with van der Waals surface area (Å²) < 4.78 is 34.4. The normalized spacial score (nSPS) is 18.4. The first-order chi connectivity index (χ1) is 6.54. The molecule has 0 aliphatic rings. The van der Waals surface area contributed by atoms with Crippen LogP contribution in [0, 0.1) is 0 Å². The minimum absolute atomic E-state index is 0.142. The van der Waals surface area contributed by atoms with E-state index >= 15 is 0 Å². The summed E-state index contributed by atoms with van der Waals surface area (Å²) in [6, 6.07) is 0. The van der Waals surface area contributed by atoms with Gasteiger partial charge in [-0.1, -0.05) is 13.2 Å². The fraction of sp³-hybridized carbons (Fsp3) is 0.333. The van der Waals surface area contributed by atoms with Crippen molar-refractivity contribution in [2.75, 3.05) is 0 Å². The smallest absolute Gasteiger partial charge is 0.409 e. The van der Waals surface area contributed by atoms with Crippen molar-refractivity contribution in [2.45, 2.75) is 13.8 Å². The Morgan fingerprint density at radius 2 is 1.27 bits per heavy atom. The summed E-state index contributed by atoms with van der Waals surface area (Å²) in [4.78, 5) is 17.9. The number of phosphoric ester groups is 2. The van der Waals surface area contributed by atoms with Crippen LogP contribution in [0.25, 0.3) is 0 Å². The van der Waals surface area contributed by atoms with Crippen LogP contribution >= 0.6 is 15.6 Å². The van der Waals surface area contributed by atoms with Gasteiger partial charge in [-0.3, -0.25) is 9.79 Å². The lowest BCUT2D eigenvalue weighted by atomic mass is 10.7. The maximum atomic E-state index is 11.0. The van der Waals surface area contributed by atoms with Gasteiger partial charge in [0.25, 0.3) is 0 Å². The first-order valence-electron chi connectivity index (χ1n) is 3.61. The van der Waals surface area contributed by atoms with Crippen molar-refractivity contribution in [1.29, 1.82) is 0 Å². The third-order valence-corrected chi connectivity index (χ3v) is 3.48. The summed E-state index contributed by atoms with van der Waals surface area (Å²) in [5.74, 6) is -0.285. The Balaban J connectivity index is 4.57. The van der Waals surface area contributed by atoms with Crippen LogP contribution in [0.1, 0.15) is 13.8 Å². The van der Waals surface area contributed by atoms with E-state index < -0.39 is 15.6 Å². The first kappa shape index (κ1) is 14.4. The van der Waals surface area contributed by atoms with Crippen LogP contribution in [0.2, 0.25) is 0 Å². The molecule has 88 valence electrons. The Morgan fingerprint density at radius 3 is 1.47 bits per heavy atom. The first-order valence-corrected chi connectivity index (χ1v) is 6.60. The molecule has 0 aromatic carbocycles. The van der Waals surface area contributed by atoms with Gasteiger partial charge in [0.1, 0.15) is 0 Å². The monoisotopic (exact) mass is 258 g/mol. The van der Waals surface area contributed by atoms with Gasteiger partial charge in [0.2, 0.25) is 0 Å². The van der Waals surface area contributed by atoms with Crippen LogP contribution < -0.4 is 0 Å². The molecule has 0 spiro atoms. The number of phosphoric acid groups is 2. The summed E-state index contributed by atoms with van der Waals surface area (Å²) in [7, 11) is -9.41. The van der Waals surface area contributed by atoms with E-state index in [0.29, 0.717) is 0 Å². The van der Waals surface area contributed by atoms with Gasteiger partial charge in [-0.05, 0) is 13.8 Å². The van der Waals surface area contributed by atoms with Crippen LogP contribution in [0.3, 0.4) is 0 Å². The molecule has 0 saturated heterocycles. The average molecular weight is 258 g/mol. The zero-order valence-corrected chi connectivity index (χ0v) is 10.0. The van der Waals surface area contributed by atoms with E-state index in [1.165, 1.54) is 13.8 Å². The van der Waals surface area contributed by atoms with E-state index in [9.17, 15) is 9.13 Å². The second-order valence-corrected chi connectivity index (χ2v) is 5.50. The third kappa shape index (κ3) is 7.36. The van der Waals surface area contributed by atoms with Crippen LogP contribution in [-0.2, 0) is 22.5 Å². The molecule has 0 aliphatic carbocycles. The average Bonchev–Trinajstić information content (AvgIpc) is 1.73. The number of allylic oxidation sites excluding steroid dienone is 2. The van der Waals surface area contributed by atoms with E-state index in [4.69, 9.17) is 9.79 Å². The standard InChI is InChI=1S/C6H12O7P2/c1-5(2)11-14(7,8)13-15(9,10)12-6(3)4/h1,3H2,2,4H3,(H,7,8)(H,9,10). The molecule has 0 saturated carbocycles. The maximum Gasteiger partial charge on any atom is 0.536 e. The molecule has 0 aromatic heterocycles. The molecule has 2 N–H and O–H groups in total. The van der Waals surface area contributed by atoms with Crippen molar-refractivity contribution in [2.24, 2.45) is 0 Å². The predicted octanol–water partition coefficient (Wildman–Crippen LogP) is 2.30. The number of rotatable bonds is 6. The van der Waals surface area contributed by atoms with Gasteiger partial charge in [0, 0.05) is 0 Å². The fourth-order valence-corrected chi connectivity index (χ4v) is 2.66. The Hall–Kier alpha value is -0.580. The fourth-order valence-electron chi connectivity index (χ4n) is 0.558. The minimum atomic E-state index is -4.71. The molecule has 15 heavy (non-hydrogen) atoms. The van der Waals surface area contributed by atoms with Crippen molar-refractivity contribution in [3.05, 3.63) is 24.7 Å². The molecule has 0 rings (SSSR count). The molecular weight excluding hydrogens is 246 g/mol. The molecule has 0 aromatic rings. The third-order valence-electron chi connectivity index (χ3n) is 0.749. The SMILES string of the molecule is C=C(C)OP(=O)(O)OP(=O)(O)OC(=C)C. The van der Waals surface area contributed by atoms with Crippen LogP contribution in [-0.4, -0.2) is 9.79 Å². The van der Waals surface area contributed by atoms with Crippen LogP contribution in [0.4, 0.5) is 0 Å². The van der Waals surface area contributed by atoms with Crippen molar-refractivity contribution < 1.29 is 32.3 Å². The maximum absolute atomic E-state index is 11.0. The molecular formula is C6H12O7P2. The van der Waals surface area contributed by atoms with Crippen LogP contribution in [0.5, 0.6) is 0 Å². The lowest BCUT2D eigenvalue weighted by Crippen LogP contribution is -1.94. The minimum Gasteiger partial charge on any atom is -0.409 e. The van der Waals surface area contributed by atoms with Gasteiger partial charge in [0.15, 0.2) is 0 Å². The Kier molecular flexibility index (Phi) is 4.77. The van der Waals surface area contributed by atoms with Crippen molar-refractivity contribution in [3.8, 4) is 0 Å². The summed E-state index contributed by atoms with van der Waals surface area (Å²) in [6.45, 7) is 8.88. The Bertz CT molecular complexity index is 326. The molecule has 0 bridgehead atoms. The zero-order chi connectivity index (χ0) is 12.3. The van der Waals surface area contributed by atoms with Gasteiger partial charge >= 0.3 is 15.6 Å². The lowest BCUT2D eigenvalue weighted by molar-refractivity contribution is 0.196. The molecule has 0 radical (unpaired) electrons. The molecule has 2 atom stereocenters. The Labute approximate surface area is 87.2 Å². The number of hydrogen-bond acceptors (Lipinski definition) is 5. The van der Waals surface area contributed by atoms with Crippen LogP contribution in [0.15, 0.2) is 24.7 Å². The second-order valence-electron chi connectivity index (χ2n) is 2.61. The van der Waals surface area contributed by atoms with Gasteiger partial charge < -0.3 is 9.05 Å². The van der Waals surface area contributed by atoms with E-state index in [1.54, 1.807) is 0 Å². The van der Waals surface area contributed by atoms with Crippen molar-refractivity contribution >= 4 is 15.6 Å². The molecule has 9 heteroatoms. The highest BCUT2D eigenvalue weighted by atomic mass is 31.3. The number of hydrogen-bond donors (Lipinski definition) is 2. The van der Waals surface area contributed by atoms with E-state index in [-0.39, 0.29) is 11.5 Å². The molecule has 0 fully saturated rings. The van der Waals surface area contributed by atoms with E-state index in [0.717, 1.165) is 0 Å². The lowest BCUT2D eigenvalue weighted by Gasteiger charge is -2.16. The van der Waals surface area contributed by atoms with Crippen molar-refractivity contribution in [3.63, 3.8) is 0 Å². The second kappa shape index (κ2) is 4.96. The summed E-state index contributed by atoms with van der Waals surface area (Å²) in [5.41, 5.74) is 0. The zero-order valence-electron chi connectivity index (χ0n) is 8.24. The molecule has 0 heterocycles. The van der Waals surface area contributed by atoms with E-state index in [2.05, 4.69) is 26.5 Å². The summed E-state index contributed by atoms with van der Waals surface area (Å²) in [5, 5.41) is 0. The van der Waals surface area contributed by atoms with Gasteiger partial charge in [0.05, 0.1) is 11.5 Å². The Morgan fingerprint density at radius 1 is 1.00 bits per heavy atom. The highest BCUT2D eigenvalue weighted by Crippen LogP contribution is 2.61. The van der Waals surface area contributed by atoms with Gasteiger partial charge in [-0.2, -0.15) is 4.31 Å². The quantitative estimate of drug-likeness (QED) is 0.556. The molecule has 7 nitrogen and oxygen atoms in total. The molecule has 0 aliphatic heterocycles. The highest BCUT2D eigenvalue weighted by molar-refractivity contribution is 7.61. The predicted molar refractivity (Wildman–Crippen MR) is 52.5 cm³/mol. The topological polar surface area (TPSA) is 102 Å². The summed E-state index contributed by atoms with van der Waals surface area (Å²) >= 11 is 0. The summed E-state index contributed by atoms with van der Waals surface area (Å²) in [6.07, 6.45) is 0. The highest BCUT2D eigenvalue weighted by Gasteiger charge is 2.37. The van der Waals surface area contributed by atoms with E-state index in [1.807, 2.05) is 0 Å². The molecule has 2 unspecified atom stereocenters. The van der Waals surface area contributed by atoms with Gasteiger partial charge in [-0.25, -0.2) is 9.13 Å². The molecule has 0 amide bonds. The van der Waals surface area contributed by atoms with Crippen molar-refractivity contribution in [1.82, 2.24) is 0 Å². The van der Waals surface area contributed by atoms with Gasteiger partial charge in [-0.15, -0.1) is 0 Å².